The van der Waals surface area contributed by atoms with E-state index in [9.17, 15) is 4.79 Å². The Balaban J connectivity index is 1.78. The lowest BCUT2D eigenvalue weighted by atomic mass is 10.2. The second-order valence-corrected chi connectivity index (χ2v) is 9.04. The zero-order chi connectivity index (χ0) is 21.0. The molecule has 1 atom stereocenters. The van der Waals surface area contributed by atoms with Crippen LogP contribution in [0.2, 0.25) is 5.02 Å². The molecule has 8 heteroatoms. The Morgan fingerprint density at radius 2 is 2.03 bits per heavy atom. The van der Waals surface area contributed by atoms with Crippen LogP contribution in [0.1, 0.15) is 12.5 Å². The number of hydrogen-bond acceptors (Lipinski definition) is 4. The van der Waals surface area contributed by atoms with Crippen molar-refractivity contribution in [1.29, 1.82) is 0 Å². The first-order chi connectivity index (χ1) is 13.9. The van der Waals surface area contributed by atoms with Crippen LogP contribution in [-0.2, 0) is 11.3 Å². The molecule has 0 aliphatic heterocycles. The highest BCUT2D eigenvalue weighted by Gasteiger charge is 2.21. The number of anilines is 1. The van der Waals surface area contributed by atoms with Gasteiger partial charge in [0.15, 0.2) is 11.0 Å². The summed E-state index contributed by atoms with van der Waals surface area (Å²) in [5, 5.41) is 12.5. The summed E-state index contributed by atoms with van der Waals surface area (Å²) in [5.74, 6) is 0.596. The Hall–Kier alpha value is -2.09. The highest BCUT2D eigenvalue weighted by atomic mass is 79.9. The number of thioether (sulfide) groups is 1. The topological polar surface area (TPSA) is 59.8 Å². The largest absolute Gasteiger partial charge is 0.324 e. The maximum Gasteiger partial charge on any atom is 0.237 e. The number of halogens is 2. The van der Waals surface area contributed by atoms with Gasteiger partial charge in [-0.25, -0.2) is 0 Å². The van der Waals surface area contributed by atoms with Crippen LogP contribution in [0.4, 0.5) is 5.69 Å². The van der Waals surface area contributed by atoms with Crippen molar-refractivity contribution in [2.24, 2.45) is 0 Å². The van der Waals surface area contributed by atoms with Crippen molar-refractivity contribution in [3.63, 3.8) is 0 Å². The van der Waals surface area contributed by atoms with Crippen molar-refractivity contribution in [3.05, 3.63) is 70.2 Å². The molecule has 0 saturated carbocycles. The third-order valence-corrected chi connectivity index (χ3v) is 6.15. The van der Waals surface area contributed by atoms with Gasteiger partial charge in [-0.05, 0) is 71.7 Å². The summed E-state index contributed by atoms with van der Waals surface area (Å²) < 4.78 is 2.79. The van der Waals surface area contributed by atoms with E-state index in [-0.39, 0.29) is 11.2 Å². The zero-order valence-corrected chi connectivity index (χ0v) is 19.2. The number of nitrogens with zero attached hydrogens (tertiary/aromatic N) is 3. The summed E-state index contributed by atoms with van der Waals surface area (Å²) in [6.45, 7) is 8.20. The second kappa shape index (κ2) is 9.61. The number of benzene rings is 2. The van der Waals surface area contributed by atoms with Crippen molar-refractivity contribution < 1.29 is 4.79 Å². The summed E-state index contributed by atoms with van der Waals surface area (Å²) in [4.78, 5) is 12.7. The standard InChI is InChI=1S/C21H20BrClN4OS/c1-4-11-27-19(15-6-8-16(23)9-7-15)25-26-21(27)29-14(3)20(28)24-18-10-5-13(2)12-17(18)22/h4-10,12,14H,1,11H2,2-3H3,(H,24,28). The van der Waals surface area contributed by atoms with E-state index in [1.165, 1.54) is 11.8 Å². The average molecular weight is 492 g/mol. The van der Waals surface area contributed by atoms with Gasteiger partial charge in [0, 0.05) is 21.6 Å². The van der Waals surface area contributed by atoms with Crippen LogP contribution in [0.5, 0.6) is 0 Å². The molecule has 0 saturated heterocycles. The van der Waals surface area contributed by atoms with E-state index in [1.54, 1.807) is 6.08 Å². The van der Waals surface area contributed by atoms with E-state index in [4.69, 9.17) is 11.6 Å². The van der Waals surface area contributed by atoms with Crippen molar-refractivity contribution in [2.75, 3.05) is 5.32 Å². The highest BCUT2D eigenvalue weighted by Crippen LogP contribution is 2.29. The Morgan fingerprint density at radius 1 is 1.31 bits per heavy atom. The summed E-state index contributed by atoms with van der Waals surface area (Å²) in [6.07, 6.45) is 1.78. The number of aromatic nitrogens is 3. The van der Waals surface area contributed by atoms with Crippen molar-refractivity contribution in [3.8, 4) is 11.4 Å². The monoisotopic (exact) mass is 490 g/mol. The lowest BCUT2D eigenvalue weighted by molar-refractivity contribution is -0.115. The fourth-order valence-corrected chi connectivity index (χ4v) is 4.23. The van der Waals surface area contributed by atoms with Crippen LogP contribution in [-0.4, -0.2) is 25.9 Å². The summed E-state index contributed by atoms with van der Waals surface area (Å²) in [7, 11) is 0. The first kappa shape index (κ1) is 21.6. The van der Waals surface area contributed by atoms with Crippen LogP contribution in [0.3, 0.4) is 0 Å². The van der Waals surface area contributed by atoms with Gasteiger partial charge in [0.05, 0.1) is 10.9 Å². The molecule has 5 nitrogen and oxygen atoms in total. The number of carbonyl (C=O) groups excluding carboxylic acids is 1. The summed E-state index contributed by atoms with van der Waals surface area (Å²) >= 11 is 10.8. The van der Waals surface area contributed by atoms with E-state index >= 15 is 0 Å². The van der Waals surface area contributed by atoms with Gasteiger partial charge < -0.3 is 5.32 Å². The SMILES string of the molecule is C=CCn1c(SC(C)C(=O)Nc2ccc(C)cc2Br)nnc1-c1ccc(Cl)cc1. The molecule has 3 aromatic rings. The lowest BCUT2D eigenvalue weighted by Crippen LogP contribution is -2.23. The Morgan fingerprint density at radius 3 is 2.69 bits per heavy atom. The molecule has 3 rings (SSSR count). The number of hydrogen-bond donors (Lipinski definition) is 1. The summed E-state index contributed by atoms with van der Waals surface area (Å²) in [6, 6.07) is 13.2. The van der Waals surface area contributed by atoms with Gasteiger partial charge in [0.1, 0.15) is 0 Å². The fourth-order valence-electron chi connectivity index (χ4n) is 2.65. The molecule has 29 heavy (non-hydrogen) atoms. The number of nitrogens with one attached hydrogen (secondary N) is 1. The van der Waals surface area contributed by atoms with Gasteiger partial charge in [-0.1, -0.05) is 35.5 Å². The molecule has 0 aliphatic rings. The minimum atomic E-state index is -0.367. The molecule has 2 aromatic carbocycles. The number of amides is 1. The number of aryl methyl sites for hydroxylation is 1. The van der Waals surface area contributed by atoms with Gasteiger partial charge in [-0.3, -0.25) is 9.36 Å². The quantitative estimate of drug-likeness (QED) is 0.326. The van der Waals surface area contributed by atoms with Gasteiger partial charge in [0.25, 0.3) is 0 Å². The van der Waals surface area contributed by atoms with Crippen LogP contribution in [0.15, 0.2) is 64.7 Å². The maximum atomic E-state index is 12.7. The van der Waals surface area contributed by atoms with Crippen molar-refractivity contribution >= 4 is 50.9 Å². The van der Waals surface area contributed by atoms with E-state index in [0.717, 1.165) is 21.3 Å². The zero-order valence-electron chi connectivity index (χ0n) is 16.0. The molecule has 150 valence electrons. The molecule has 1 N–H and O–H groups in total. The van der Waals surface area contributed by atoms with Crippen LogP contribution >= 0.6 is 39.3 Å². The minimum absolute atomic E-state index is 0.110. The molecule has 1 aromatic heterocycles. The normalized spacial score (nSPS) is 11.9. The molecule has 0 spiro atoms. The van der Waals surface area contributed by atoms with E-state index in [0.29, 0.717) is 22.5 Å². The first-order valence-corrected chi connectivity index (χ1v) is 11.0. The molecule has 0 fully saturated rings. The van der Waals surface area contributed by atoms with E-state index in [1.807, 2.05) is 60.9 Å². The maximum absolute atomic E-state index is 12.7. The molecule has 1 amide bonds. The highest BCUT2D eigenvalue weighted by molar-refractivity contribution is 9.10. The Kier molecular flexibility index (Phi) is 7.16. The number of allylic oxidation sites excluding steroid dienone is 1. The Bertz CT molecular complexity index is 1040. The lowest BCUT2D eigenvalue weighted by Gasteiger charge is -2.14. The van der Waals surface area contributed by atoms with Crippen molar-refractivity contribution in [2.45, 2.75) is 30.8 Å². The predicted octanol–water partition coefficient (Wildman–Crippen LogP) is 5.97. The fraction of sp³-hybridized carbons (Fsp3) is 0.190. The van der Waals surface area contributed by atoms with Gasteiger partial charge >= 0.3 is 0 Å². The number of carbonyl (C=O) groups is 1. The number of rotatable bonds is 7. The summed E-state index contributed by atoms with van der Waals surface area (Å²) in [5.41, 5.74) is 2.75. The second-order valence-electron chi connectivity index (χ2n) is 6.44. The van der Waals surface area contributed by atoms with Crippen molar-refractivity contribution in [1.82, 2.24) is 14.8 Å². The van der Waals surface area contributed by atoms with Crippen LogP contribution < -0.4 is 5.32 Å². The van der Waals surface area contributed by atoms with Gasteiger partial charge in [-0.2, -0.15) is 0 Å². The van der Waals surface area contributed by atoms with Gasteiger partial charge in [0.2, 0.25) is 5.91 Å². The molecule has 0 radical (unpaired) electrons. The molecular formula is C21H20BrClN4OS. The first-order valence-electron chi connectivity index (χ1n) is 8.92. The third-order valence-electron chi connectivity index (χ3n) is 4.16. The molecule has 1 heterocycles. The van der Waals surface area contributed by atoms with E-state index < -0.39 is 0 Å². The average Bonchev–Trinajstić information content (AvgIpc) is 3.07. The molecule has 0 aliphatic carbocycles. The smallest absolute Gasteiger partial charge is 0.237 e. The third kappa shape index (κ3) is 5.29. The van der Waals surface area contributed by atoms with E-state index in [2.05, 4.69) is 38.0 Å². The molecular weight excluding hydrogens is 472 g/mol. The Labute approximate surface area is 187 Å². The van der Waals surface area contributed by atoms with Crippen LogP contribution in [0, 0.1) is 6.92 Å². The van der Waals surface area contributed by atoms with Gasteiger partial charge in [-0.15, -0.1) is 16.8 Å². The molecule has 1 unspecified atom stereocenters. The predicted molar refractivity (Wildman–Crippen MR) is 123 cm³/mol. The van der Waals surface area contributed by atoms with Crippen LogP contribution in [0.25, 0.3) is 11.4 Å². The minimum Gasteiger partial charge on any atom is -0.324 e. The molecule has 0 bridgehead atoms.